The van der Waals surface area contributed by atoms with Crippen molar-refractivity contribution in [3.05, 3.63) is 161 Å². The van der Waals surface area contributed by atoms with Crippen molar-refractivity contribution in [1.29, 1.82) is 0 Å². The monoisotopic (exact) mass is 929 g/mol. The van der Waals surface area contributed by atoms with Crippen molar-refractivity contribution in [3.63, 3.8) is 0 Å². The smallest absolute Gasteiger partial charge is 0.657 e. The number of hydrogen-bond acceptors (Lipinski definition) is 2. The Bertz CT molecular complexity index is 2880. The number of hydrogen-bond donors (Lipinski definition) is 0. The van der Waals surface area contributed by atoms with Gasteiger partial charge in [-0.25, -0.2) is 9.97 Å². The van der Waals surface area contributed by atoms with Gasteiger partial charge in [0.2, 0.25) is 0 Å². The second-order valence-corrected chi connectivity index (χ2v) is 17.4. The van der Waals surface area contributed by atoms with Crippen molar-refractivity contribution in [2.75, 3.05) is 0 Å². The summed E-state index contributed by atoms with van der Waals surface area (Å²) >= 11 is 2.37. The minimum absolute atomic E-state index is 0. The summed E-state index contributed by atoms with van der Waals surface area (Å²) in [6, 6.07) is 30.9. The molecule has 2 aliphatic rings. The SMILES string of the molecule is Cc1cc(C)c(-c2c3nc([13c](-c4ccc(I)cc4)c4nc(c(-c5c(C)cc(C)cc5C)c5ccc([n-]5)c(-c5c(C)cc(C)cc5C)c5ccc2[n-]5)C=C4)C=C3)c(C)c1.[Zn+2]. The molecule has 286 valence electrons. The molecule has 3 aromatic heterocycles. The zero-order valence-electron chi connectivity index (χ0n) is 35.3. The minimum Gasteiger partial charge on any atom is -0.657 e. The standard InChI is InChI=1S/C53H45IN4.Zn/c1-28-22-31(4)47(32(5)23-28)51-41-16-14-39(55-41)50(37-10-12-38(54)13-11-37)40-15-17-42(56-40)52(48-33(6)24-29(2)25-34(48)7)44-19-21-46(58-44)53(45-20-18-43(51)57-45)49-35(8)26-30(3)27-36(49)9;/h10-27H,1-9H3;/q-2;+2/i50+1;. The van der Waals surface area contributed by atoms with Gasteiger partial charge in [-0.2, -0.15) is 0 Å². The molecule has 0 N–H and O–H groups in total. The zero-order valence-corrected chi connectivity index (χ0v) is 40.4. The Morgan fingerprint density at radius 1 is 0.356 bits per heavy atom. The summed E-state index contributed by atoms with van der Waals surface area (Å²) in [5.74, 6) is 0. The van der Waals surface area contributed by atoms with E-state index >= 15 is 0 Å². The van der Waals surface area contributed by atoms with Crippen molar-refractivity contribution < 1.29 is 19.5 Å². The molecule has 0 saturated carbocycles. The average Bonchev–Trinajstić information content (AvgIpc) is 3.99. The average molecular weight is 931 g/mol. The van der Waals surface area contributed by atoms with Crippen molar-refractivity contribution in [1.82, 2.24) is 19.9 Å². The molecule has 0 amide bonds. The molecule has 6 heteroatoms. The number of aromatic nitrogens is 4. The van der Waals surface area contributed by atoms with Crippen LogP contribution < -0.4 is 9.97 Å². The van der Waals surface area contributed by atoms with Crippen LogP contribution >= 0.6 is 22.6 Å². The molecule has 59 heavy (non-hydrogen) atoms. The van der Waals surface area contributed by atoms with Crippen molar-refractivity contribution in [2.45, 2.75) is 62.3 Å². The molecule has 0 radical (unpaired) electrons. The van der Waals surface area contributed by atoms with Crippen molar-refractivity contribution in [2.24, 2.45) is 0 Å². The van der Waals surface area contributed by atoms with E-state index in [1.54, 1.807) is 0 Å². The number of aryl methyl sites for hydroxylation is 9. The van der Waals surface area contributed by atoms with Crippen LogP contribution in [0.1, 0.15) is 72.8 Å². The molecule has 0 fully saturated rings. The van der Waals surface area contributed by atoms with E-state index < -0.39 is 0 Å². The van der Waals surface area contributed by atoms with Gasteiger partial charge in [-0.05, 0) is 194 Å². The van der Waals surface area contributed by atoms with Gasteiger partial charge in [-0.15, -0.1) is 22.1 Å². The van der Waals surface area contributed by atoms with Gasteiger partial charge in [0.05, 0.1) is 22.8 Å². The van der Waals surface area contributed by atoms with Crippen LogP contribution in [0.2, 0.25) is 0 Å². The predicted octanol–water partition coefficient (Wildman–Crippen LogP) is 14.0. The summed E-state index contributed by atoms with van der Waals surface area (Å²) in [4.78, 5) is 22.1. The Morgan fingerprint density at radius 3 is 0.983 bits per heavy atom. The van der Waals surface area contributed by atoms with Crippen LogP contribution in [-0.4, -0.2) is 9.97 Å². The molecule has 2 aliphatic heterocycles. The van der Waals surface area contributed by atoms with E-state index in [0.717, 1.165) is 89.4 Å². The first-order valence-electron chi connectivity index (χ1n) is 19.9. The third kappa shape index (κ3) is 7.29. The molecule has 0 spiro atoms. The topological polar surface area (TPSA) is 54.0 Å². The molecule has 8 bridgehead atoms. The Hall–Kier alpha value is -5.17. The van der Waals surface area contributed by atoms with Gasteiger partial charge in [-0.3, -0.25) is 0 Å². The van der Waals surface area contributed by atoms with Gasteiger partial charge in [0.15, 0.2) is 0 Å². The zero-order chi connectivity index (χ0) is 40.6. The Labute approximate surface area is 373 Å². The first kappa shape index (κ1) is 40.6. The van der Waals surface area contributed by atoms with Gasteiger partial charge < -0.3 is 9.97 Å². The van der Waals surface area contributed by atoms with Crippen LogP contribution in [0, 0.1) is 65.9 Å². The molecular formula is C53H45IN4Zn. The summed E-state index contributed by atoms with van der Waals surface area (Å²) in [5.41, 5.74) is 26.5. The summed E-state index contributed by atoms with van der Waals surface area (Å²) in [6.45, 7) is 19.7. The van der Waals surface area contributed by atoms with E-state index in [1.807, 2.05) is 0 Å². The summed E-state index contributed by atoms with van der Waals surface area (Å²) < 4.78 is 1.17. The minimum atomic E-state index is 0. The number of halogens is 1. The number of rotatable bonds is 4. The Kier molecular flexibility index (Phi) is 10.9. The second kappa shape index (κ2) is 15.8. The number of nitrogens with zero attached hydrogens (tertiary/aromatic N) is 4. The summed E-state index contributed by atoms with van der Waals surface area (Å²) in [5, 5.41) is 0. The molecule has 0 atom stereocenters. The molecule has 4 aromatic carbocycles. The summed E-state index contributed by atoms with van der Waals surface area (Å²) in [6.07, 6.45) is 8.62. The fourth-order valence-electron chi connectivity index (χ4n) is 9.49. The largest absolute Gasteiger partial charge is 2.00 e. The van der Waals surface area contributed by atoms with Crippen LogP contribution in [0.15, 0.2) is 84.9 Å². The van der Waals surface area contributed by atoms with Gasteiger partial charge in [-0.1, -0.05) is 89.5 Å². The fraction of sp³-hybridized carbons (Fsp3) is 0.170. The van der Waals surface area contributed by atoms with Crippen molar-refractivity contribution in [3.8, 4) is 44.5 Å². The number of benzene rings is 4. The third-order valence-electron chi connectivity index (χ3n) is 11.5. The Balaban J connectivity index is 0.00000484. The molecule has 5 heterocycles. The van der Waals surface area contributed by atoms with Crippen molar-refractivity contribution >= 4 is 69.0 Å². The predicted molar refractivity (Wildman–Crippen MR) is 254 cm³/mol. The second-order valence-electron chi connectivity index (χ2n) is 16.2. The molecule has 0 unspecified atom stereocenters. The molecule has 9 rings (SSSR count). The van der Waals surface area contributed by atoms with Gasteiger partial charge >= 0.3 is 19.5 Å². The van der Waals surface area contributed by atoms with Gasteiger partial charge in [0.25, 0.3) is 0 Å². The van der Waals surface area contributed by atoms with Crippen LogP contribution in [-0.2, 0) is 19.5 Å². The van der Waals surface area contributed by atoms with Gasteiger partial charge in [0, 0.05) is 9.13 Å². The molecule has 7 aromatic rings. The fourth-order valence-corrected chi connectivity index (χ4v) is 9.85. The maximum atomic E-state index is 5.56. The first-order chi connectivity index (χ1) is 27.8. The van der Waals surface area contributed by atoms with Crippen LogP contribution in [0.3, 0.4) is 0 Å². The van der Waals surface area contributed by atoms with E-state index in [-0.39, 0.29) is 19.5 Å². The van der Waals surface area contributed by atoms with E-state index in [1.165, 1.54) is 53.6 Å². The van der Waals surface area contributed by atoms with E-state index in [4.69, 9.17) is 19.9 Å². The van der Waals surface area contributed by atoms with Gasteiger partial charge in [0.1, 0.15) is 0 Å². The maximum absolute atomic E-state index is 5.56. The third-order valence-corrected chi connectivity index (χ3v) is 12.2. The van der Waals surface area contributed by atoms with Crippen LogP contribution in [0.4, 0.5) is 0 Å². The molecule has 0 aliphatic carbocycles. The molecule has 0 saturated heterocycles. The quantitative estimate of drug-likeness (QED) is 0.130. The van der Waals surface area contributed by atoms with Crippen LogP contribution in [0.5, 0.6) is 0 Å². The van der Waals surface area contributed by atoms with E-state index in [9.17, 15) is 0 Å². The van der Waals surface area contributed by atoms with Crippen LogP contribution in [0.25, 0.3) is 90.9 Å². The first-order valence-corrected chi connectivity index (χ1v) is 21.0. The number of fused-ring (bicyclic) bond motifs is 8. The molecular weight excluding hydrogens is 886 g/mol. The molecule has 4 nitrogen and oxygen atoms in total. The van der Waals surface area contributed by atoms with E-state index in [2.05, 4.69) is 194 Å². The summed E-state index contributed by atoms with van der Waals surface area (Å²) in [7, 11) is 0. The maximum Gasteiger partial charge on any atom is 2.00 e. The van der Waals surface area contributed by atoms with E-state index in [0.29, 0.717) is 0 Å². The Morgan fingerprint density at radius 2 is 0.644 bits per heavy atom. The normalized spacial score (nSPS) is 12.0.